The summed E-state index contributed by atoms with van der Waals surface area (Å²) in [5.74, 6) is 2.32. The van der Waals surface area contributed by atoms with Crippen molar-refractivity contribution in [3.63, 3.8) is 0 Å². The van der Waals surface area contributed by atoms with Crippen molar-refractivity contribution in [1.82, 2.24) is 10.2 Å². The molecule has 3 rings (SSSR count). The van der Waals surface area contributed by atoms with Crippen LogP contribution in [0.2, 0.25) is 0 Å². The molecule has 0 spiro atoms. The Morgan fingerprint density at radius 1 is 1.07 bits per heavy atom. The van der Waals surface area contributed by atoms with Crippen LogP contribution < -0.4 is 14.8 Å². The highest BCUT2D eigenvalue weighted by Crippen LogP contribution is 2.26. The summed E-state index contributed by atoms with van der Waals surface area (Å²) in [4.78, 5) is 12.0. The lowest BCUT2D eigenvalue weighted by atomic mass is 10.2. The maximum absolute atomic E-state index is 12.0. The van der Waals surface area contributed by atoms with Gasteiger partial charge in [0.2, 0.25) is 11.8 Å². The molecule has 140 valence electrons. The predicted molar refractivity (Wildman–Crippen MR) is 103 cm³/mol. The summed E-state index contributed by atoms with van der Waals surface area (Å²) in [6.07, 6.45) is 0.327. The van der Waals surface area contributed by atoms with Crippen LogP contribution >= 0.6 is 11.8 Å². The van der Waals surface area contributed by atoms with Crippen LogP contribution in [0.5, 0.6) is 11.5 Å². The second-order valence-corrected chi connectivity index (χ2v) is 6.53. The summed E-state index contributed by atoms with van der Waals surface area (Å²) in [6, 6.07) is 14.6. The molecule has 7 nitrogen and oxygen atoms in total. The molecule has 0 aliphatic carbocycles. The molecule has 0 atom stereocenters. The Bertz CT molecular complexity index is 896. The van der Waals surface area contributed by atoms with Crippen LogP contribution in [-0.2, 0) is 4.79 Å². The van der Waals surface area contributed by atoms with Gasteiger partial charge in [0.15, 0.2) is 0 Å². The fraction of sp³-hybridized carbons (Fsp3) is 0.211. The van der Waals surface area contributed by atoms with Crippen molar-refractivity contribution >= 4 is 23.4 Å². The van der Waals surface area contributed by atoms with Crippen molar-refractivity contribution in [2.24, 2.45) is 0 Å². The zero-order valence-electron chi connectivity index (χ0n) is 15.0. The van der Waals surface area contributed by atoms with Crippen molar-refractivity contribution in [3.05, 3.63) is 48.5 Å². The highest BCUT2D eigenvalue weighted by Gasteiger charge is 2.11. The Balaban J connectivity index is 1.48. The van der Waals surface area contributed by atoms with Gasteiger partial charge in [0.1, 0.15) is 11.5 Å². The fourth-order valence-electron chi connectivity index (χ4n) is 2.27. The molecule has 0 aliphatic heterocycles. The molecule has 3 aromatic rings. The lowest BCUT2D eigenvalue weighted by Crippen LogP contribution is -2.12. The molecule has 27 heavy (non-hydrogen) atoms. The molecule has 1 heterocycles. The number of amides is 1. The van der Waals surface area contributed by atoms with Gasteiger partial charge >= 0.3 is 0 Å². The Morgan fingerprint density at radius 3 is 2.59 bits per heavy atom. The van der Waals surface area contributed by atoms with Crippen molar-refractivity contribution in [1.29, 1.82) is 0 Å². The number of nitrogens with zero attached hydrogens (tertiary/aromatic N) is 2. The number of ether oxygens (including phenoxy) is 2. The molecule has 2 aromatic carbocycles. The molecule has 1 amide bonds. The number of carbonyl (C=O) groups is 1. The summed E-state index contributed by atoms with van der Waals surface area (Å²) >= 11 is 1.34. The molecule has 0 saturated heterocycles. The molecule has 0 unspecified atom stereocenters. The number of nitrogens with one attached hydrogen (secondary N) is 1. The minimum absolute atomic E-state index is 0.0831. The van der Waals surface area contributed by atoms with Gasteiger partial charge in [-0.15, -0.1) is 10.2 Å². The van der Waals surface area contributed by atoms with Crippen LogP contribution in [0.1, 0.15) is 6.42 Å². The second-order valence-electron chi connectivity index (χ2n) is 5.48. The van der Waals surface area contributed by atoms with E-state index in [2.05, 4.69) is 15.5 Å². The Labute approximate surface area is 161 Å². The van der Waals surface area contributed by atoms with E-state index in [4.69, 9.17) is 13.9 Å². The Kier molecular flexibility index (Phi) is 6.32. The molecule has 0 fully saturated rings. The normalized spacial score (nSPS) is 10.4. The largest absolute Gasteiger partial charge is 0.497 e. The van der Waals surface area contributed by atoms with Gasteiger partial charge in [-0.1, -0.05) is 17.8 Å². The fourth-order valence-corrected chi connectivity index (χ4v) is 2.97. The molecule has 0 saturated carbocycles. The first-order valence-corrected chi connectivity index (χ1v) is 9.21. The van der Waals surface area contributed by atoms with Crippen LogP contribution in [0.25, 0.3) is 11.5 Å². The summed E-state index contributed by atoms with van der Waals surface area (Å²) in [7, 11) is 3.20. The number of anilines is 1. The standard InChI is InChI=1S/C19H19N3O4S/c1-24-15-8-6-14(7-9-15)20-17(23)10-11-27-19-22-21-18(26-19)13-4-3-5-16(12-13)25-2/h3-9,12H,10-11H2,1-2H3,(H,20,23). The molecule has 0 aliphatic rings. The van der Waals surface area contributed by atoms with E-state index < -0.39 is 0 Å². The molecule has 0 bridgehead atoms. The number of rotatable bonds is 8. The van der Waals surface area contributed by atoms with Crippen LogP contribution in [-0.4, -0.2) is 36.1 Å². The first-order chi connectivity index (χ1) is 13.2. The lowest BCUT2D eigenvalue weighted by Gasteiger charge is -2.05. The van der Waals surface area contributed by atoms with Gasteiger partial charge in [0, 0.05) is 23.4 Å². The number of aromatic nitrogens is 2. The van der Waals surface area contributed by atoms with Gasteiger partial charge in [0.05, 0.1) is 14.2 Å². The molecule has 1 aromatic heterocycles. The number of thioether (sulfide) groups is 1. The summed E-state index contributed by atoms with van der Waals surface area (Å²) < 4.78 is 15.9. The first kappa shape index (κ1) is 18.8. The van der Waals surface area contributed by atoms with Crippen molar-refractivity contribution in [3.8, 4) is 23.0 Å². The average Bonchev–Trinajstić information content (AvgIpc) is 3.17. The Morgan fingerprint density at radius 2 is 1.85 bits per heavy atom. The smallest absolute Gasteiger partial charge is 0.276 e. The number of carbonyl (C=O) groups excluding carboxylic acids is 1. The second kappa shape index (κ2) is 9.09. The van der Waals surface area contributed by atoms with E-state index in [0.29, 0.717) is 23.3 Å². The van der Waals surface area contributed by atoms with E-state index in [-0.39, 0.29) is 5.91 Å². The third-order valence-electron chi connectivity index (χ3n) is 3.65. The van der Waals surface area contributed by atoms with E-state index in [9.17, 15) is 4.79 Å². The van der Waals surface area contributed by atoms with Gasteiger partial charge in [-0.05, 0) is 42.5 Å². The Hall–Kier alpha value is -3.00. The minimum atomic E-state index is -0.0831. The third kappa shape index (κ3) is 5.24. The third-order valence-corrected chi connectivity index (χ3v) is 4.47. The van der Waals surface area contributed by atoms with E-state index in [1.165, 1.54) is 11.8 Å². The average molecular weight is 385 g/mol. The molecular weight excluding hydrogens is 366 g/mol. The number of hydrogen-bond acceptors (Lipinski definition) is 7. The highest BCUT2D eigenvalue weighted by atomic mass is 32.2. The van der Waals surface area contributed by atoms with Crippen LogP contribution in [0, 0.1) is 0 Å². The zero-order valence-corrected chi connectivity index (χ0v) is 15.8. The number of methoxy groups -OCH3 is 2. The molecule has 1 N–H and O–H groups in total. The van der Waals surface area contributed by atoms with Crippen molar-refractivity contribution < 1.29 is 18.7 Å². The van der Waals surface area contributed by atoms with Crippen LogP contribution in [0.4, 0.5) is 5.69 Å². The predicted octanol–water partition coefficient (Wildman–Crippen LogP) is 3.87. The van der Waals surface area contributed by atoms with Crippen molar-refractivity contribution in [2.75, 3.05) is 25.3 Å². The number of benzene rings is 2. The topological polar surface area (TPSA) is 86.5 Å². The maximum atomic E-state index is 12.0. The minimum Gasteiger partial charge on any atom is -0.497 e. The first-order valence-electron chi connectivity index (χ1n) is 8.22. The van der Waals surface area contributed by atoms with Gasteiger partial charge in [-0.2, -0.15) is 0 Å². The van der Waals surface area contributed by atoms with E-state index >= 15 is 0 Å². The highest BCUT2D eigenvalue weighted by molar-refractivity contribution is 7.99. The lowest BCUT2D eigenvalue weighted by molar-refractivity contribution is -0.115. The van der Waals surface area contributed by atoms with Crippen LogP contribution in [0.15, 0.2) is 58.2 Å². The van der Waals surface area contributed by atoms with E-state index in [1.807, 2.05) is 24.3 Å². The summed E-state index contributed by atoms with van der Waals surface area (Å²) in [6.45, 7) is 0. The summed E-state index contributed by atoms with van der Waals surface area (Å²) in [5, 5.41) is 11.3. The SMILES string of the molecule is COc1ccc(NC(=O)CCSc2nnc(-c3cccc(OC)c3)o2)cc1. The number of hydrogen-bond donors (Lipinski definition) is 1. The van der Waals surface area contributed by atoms with E-state index in [0.717, 1.165) is 22.7 Å². The van der Waals surface area contributed by atoms with Crippen LogP contribution in [0.3, 0.4) is 0 Å². The van der Waals surface area contributed by atoms with E-state index in [1.54, 1.807) is 38.5 Å². The molecular formula is C19H19N3O4S. The quantitative estimate of drug-likeness (QED) is 0.589. The van der Waals surface area contributed by atoms with Gasteiger partial charge in [-0.25, -0.2) is 0 Å². The van der Waals surface area contributed by atoms with Gasteiger partial charge in [0.25, 0.3) is 5.22 Å². The maximum Gasteiger partial charge on any atom is 0.276 e. The van der Waals surface area contributed by atoms with Crippen molar-refractivity contribution in [2.45, 2.75) is 11.6 Å². The molecule has 8 heteroatoms. The summed E-state index contributed by atoms with van der Waals surface area (Å²) in [5.41, 5.74) is 1.51. The zero-order chi connectivity index (χ0) is 19.1. The van der Waals surface area contributed by atoms with Gasteiger partial charge in [-0.3, -0.25) is 4.79 Å². The van der Waals surface area contributed by atoms with Gasteiger partial charge < -0.3 is 19.2 Å². The monoisotopic (exact) mass is 385 g/mol. The molecule has 0 radical (unpaired) electrons.